The Morgan fingerprint density at radius 1 is 1.17 bits per heavy atom. The summed E-state index contributed by atoms with van der Waals surface area (Å²) in [6.45, 7) is 11.9. The van der Waals surface area contributed by atoms with Gasteiger partial charge in [-0.3, -0.25) is 0 Å². The van der Waals surface area contributed by atoms with Gasteiger partial charge >= 0.3 is 0 Å². The molecule has 0 unspecified atom stereocenters. The predicted octanol–water partition coefficient (Wildman–Crippen LogP) is 5.29. The minimum Gasteiger partial charge on any atom is -0.469 e. The standard InChI is InChI=1S/C20H26O2Si2/c1-23(2,3)22-13-21-16-10-9-14(11-16)17-8-6-7-15-12-18-20(19(15)17)24(18,4)5/h6-8,10-11H,9,12-13H2,1-5H3. The van der Waals surface area contributed by atoms with Gasteiger partial charge in [0.15, 0.2) is 15.1 Å². The lowest BCUT2D eigenvalue weighted by molar-refractivity contribution is 0.0619. The number of hydrogen-bond acceptors (Lipinski definition) is 2. The molecular weight excluding hydrogens is 328 g/mol. The number of allylic oxidation sites excluding steroid dienone is 4. The third-order valence-corrected chi connectivity index (χ3v) is 9.76. The Kier molecular flexibility index (Phi) is 3.57. The molecule has 2 nitrogen and oxygen atoms in total. The number of fused-ring (bicyclic) bond motifs is 2. The zero-order valence-corrected chi connectivity index (χ0v) is 17.3. The number of hydrogen-bond donors (Lipinski definition) is 0. The van der Waals surface area contributed by atoms with E-state index < -0.39 is 16.4 Å². The smallest absolute Gasteiger partial charge is 0.188 e. The van der Waals surface area contributed by atoms with Gasteiger partial charge in [0.2, 0.25) is 0 Å². The first kappa shape index (κ1) is 16.1. The molecule has 0 atom stereocenters. The Hall–Kier alpha value is -1.37. The summed E-state index contributed by atoms with van der Waals surface area (Å²) in [7, 11) is -2.68. The maximum absolute atomic E-state index is 5.82. The summed E-state index contributed by atoms with van der Waals surface area (Å²) in [6, 6.07) is 6.80. The van der Waals surface area contributed by atoms with E-state index in [2.05, 4.69) is 63.1 Å². The molecule has 4 rings (SSSR count). The molecule has 0 bridgehead atoms. The Labute approximate surface area is 147 Å². The van der Waals surface area contributed by atoms with Gasteiger partial charge in [0.25, 0.3) is 0 Å². The van der Waals surface area contributed by atoms with Gasteiger partial charge in [0, 0.05) is 0 Å². The van der Waals surface area contributed by atoms with Gasteiger partial charge in [-0.25, -0.2) is 0 Å². The van der Waals surface area contributed by atoms with Crippen LogP contribution in [0.1, 0.15) is 23.1 Å². The number of ether oxygens (including phenoxy) is 1. The second kappa shape index (κ2) is 5.31. The molecule has 1 aliphatic heterocycles. The highest BCUT2D eigenvalue weighted by Gasteiger charge is 2.52. The number of rotatable bonds is 5. The lowest BCUT2D eigenvalue weighted by Gasteiger charge is -2.18. The monoisotopic (exact) mass is 354 g/mol. The third kappa shape index (κ3) is 2.66. The maximum atomic E-state index is 5.82. The molecule has 126 valence electrons. The van der Waals surface area contributed by atoms with Crippen LogP contribution in [0, 0.1) is 0 Å². The van der Waals surface area contributed by atoms with Crippen molar-refractivity contribution in [2.45, 2.75) is 45.6 Å². The summed E-state index contributed by atoms with van der Waals surface area (Å²) in [5.41, 5.74) is 5.90. The van der Waals surface area contributed by atoms with Crippen LogP contribution in [0.3, 0.4) is 0 Å². The molecule has 0 radical (unpaired) electrons. The van der Waals surface area contributed by atoms with Gasteiger partial charge in [-0.05, 0) is 66.9 Å². The normalized spacial score (nSPS) is 20.5. The van der Waals surface area contributed by atoms with Crippen molar-refractivity contribution in [1.82, 2.24) is 0 Å². The summed E-state index contributed by atoms with van der Waals surface area (Å²) in [6.07, 6.45) is 6.55. The SMILES string of the molecule is C[Si](C)(C)OCOC1=CCC(c2cccc3c2C2=C(C3)[Si]2(C)C)=C1. The summed E-state index contributed by atoms with van der Waals surface area (Å²) in [4.78, 5) is 0. The molecule has 4 heteroatoms. The van der Waals surface area contributed by atoms with Crippen molar-refractivity contribution in [3.8, 4) is 0 Å². The second-order valence-corrected chi connectivity index (χ2v) is 17.4. The van der Waals surface area contributed by atoms with Crippen molar-refractivity contribution in [2.24, 2.45) is 0 Å². The summed E-state index contributed by atoms with van der Waals surface area (Å²) in [5.74, 6) is 0.959. The zero-order valence-electron chi connectivity index (χ0n) is 15.3. The van der Waals surface area contributed by atoms with Gasteiger partial charge in [-0.15, -0.1) is 0 Å². The average molecular weight is 355 g/mol. The third-order valence-electron chi connectivity index (χ3n) is 5.29. The van der Waals surface area contributed by atoms with Crippen molar-refractivity contribution in [2.75, 3.05) is 6.79 Å². The zero-order chi connectivity index (χ0) is 17.1. The minimum atomic E-state index is -1.52. The van der Waals surface area contributed by atoms with Crippen molar-refractivity contribution < 1.29 is 9.16 Å². The van der Waals surface area contributed by atoms with E-state index in [4.69, 9.17) is 9.16 Å². The van der Waals surface area contributed by atoms with E-state index in [1.807, 2.05) is 0 Å². The molecule has 2 aliphatic carbocycles. The van der Waals surface area contributed by atoms with Crippen LogP contribution in [0.25, 0.3) is 10.8 Å². The van der Waals surface area contributed by atoms with Crippen LogP contribution in [0.15, 0.2) is 41.3 Å². The fourth-order valence-corrected chi connectivity index (χ4v) is 7.90. The Balaban J connectivity index is 1.52. The van der Waals surface area contributed by atoms with E-state index in [1.165, 1.54) is 23.1 Å². The molecular formula is C20H26O2Si2. The van der Waals surface area contributed by atoms with Gasteiger partial charge in [-0.1, -0.05) is 41.7 Å². The molecule has 0 N–H and O–H groups in total. The van der Waals surface area contributed by atoms with Crippen LogP contribution in [0.4, 0.5) is 0 Å². The quantitative estimate of drug-likeness (QED) is 0.528. The van der Waals surface area contributed by atoms with Crippen LogP contribution in [0.5, 0.6) is 0 Å². The van der Waals surface area contributed by atoms with Gasteiger partial charge in [0.05, 0.1) is 0 Å². The second-order valence-electron chi connectivity index (χ2n) is 8.49. The maximum Gasteiger partial charge on any atom is 0.188 e. The highest BCUT2D eigenvalue weighted by Crippen LogP contribution is 2.57. The highest BCUT2D eigenvalue weighted by atomic mass is 28.4. The molecule has 0 fully saturated rings. The first-order valence-corrected chi connectivity index (χ1v) is 15.2. The number of benzene rings is 1. The first-order chi connectivity index (χ1) is 11.3. The summed E-state index contributed by atoms with van der Waals surface area (Å²) < 4.78 is 11.6. The summed E-state index contributed by atoms with van der Waals surface area (Å²) in [5, 5.41) is 3.50. The van der Waals surface area contributed by atoms with E-state index in [-0.39, 0.29) is 0 Å². The lowest BCUT2D eigenvalue weighted by atomic mass is 9.96. The van der Waals surface area contributed by atoms with Crippen LogP contribution >= 0.6 is 0 Å². The van der Waals surface area contributed by atoms with Gasteiger partial charge in [-0.2, -0.15) is 0 Å². The topological polar surface area (TPSA) is 18.5 Å². The Morgan fingerprint density at radius 3 is 2.71 bits per heavy atom. The van der Waals surface area contributed by atoms with Crippen molar-refractivity contribution >= 4 is 27.2 Å². The Morgan fingerprint density at radius 2 is 1.96 bits per heavy atom. The van der Waals surface area contributed by atoms with Crippen molar-refractivity contribution in [3.05, 3.63) is 58.0 Å². The molecule has 1 heterocycles. The van der Waals surface area contributed by atoms with Gasteiger partial charge < -0.3 is 9.16 Å². The Bertz CT molecular complexity index is 807. The highest BCUT2D eigenvalue weighted by molar-refractivity contribution is 7.13. The van der Waals surface area contributed by atoms with Crippen molar-refractivity contribution in [1.29, 1.82) is 0 Å². The molecule has 0 aromatic heterocycles. The van der Waals surface area contributed by atoms with E-state index in [0.717, 1.165) is 12.2 Å². The van der Waals surface area contributed by atoms with Crippen LogP contribution in [-0.4, -0.2) is 23.2 Å². The van der Waals surface area contributed by atoms with Crippen LogP contribution < -0.4 is 0 Å². The van der Waals surface area contributed by atoms with Gasteiger partial charge in [0.1, 0.15) is 13.8 Å². The minimum absolute atomic E-state index is 0.369. The van der Waals surface area contributed by atoms with Crippen LogP contribution in [-0.2, 0) is 15.6 Å². The molecule has 1 aromatic carbocycles. The summed E-state index contributed by atoms with van der Waals surface area (Å²) >= 11 is 0. The molecule has 0 saturated carbocycles. The molecule has 3 aliphatic rings. The fourth-order valence-electron chi connectivity index (χ4n) is 3.88. The average Bonchev–Trinajstić information content (AvgIpc) is 2.92. The van der Waals surface area contributed by atoms with Crippen LogP contribution in [0.2, 0.25) is 32.7 Å². The van der Waals surface area contributed by atoms with E-state index in [0.29, 0.717) is 6.79 Å². The predicted molar refractivity (Wildman–Crippen MR) is 106 cm³/mol. The van der Waals surface area contributed by atoms with E-state index in [1.54, 1.807) is 16.0 Å². The molecule has 1 aromatic rings. The molecule has 24 heavy (non-hydrogen) atoms. The fraction of sp³-hybridized carbons (Fsp3) is 0.400. The van der Waals surface area contributed by atoms with Crippen molar-refractivity contribution in [3.63, 3.8) is 0 Å². The van der Waals surface area contributed by atoms with E-state index >= 15 is 0 Å². The molecule has 0 amide bonds. The molecule has 0 spiro atoms. The lowest BCUT2D eigenvalue weighted by Crippen LogP contribution is -2.26. The first-order valence-electron chi connectivity index (χ1n) is 8.81. The van der Waals surface area contributed by atoms with E-state index in [9.17, 15) is 0 Å². The molecule has 0 saturated heterocycles. The largest absolute Gasteiger partial charge is 0.469 e.